The van der Waals surface area contributed by atoms with Crippen LogP contribution in [0.5, 0.6) is 0 Å². The molecule has 1 N–H and O–H groups in total. The molecule has 36 heavy (non-hydrogen) atoms. The Bertz CT molecular complexity index is 1140. The fraction of sp³-hybridized carbons (Fsp3) is 0.333. The van der Waals surface area contributed by atoms with Crippen molar-refractivity contribution in [2.45, 2.75) is 58.0 Å². The van der Waals surface area contributed by atoms with Crippen LogP contribution in [0.1, 0.15) is 43.0 Å². The van der Waals surface area contributed by atoms with Gasteiger partial charge < -0.3 is 10.2 Å². The van der Waals surface area contributed by atoms with Gasteiger partial charge in [-0.15, -0.1) is 11.8 Å². The van der Waals surface area contributed by atoms with Crippen LogP contribution < -0.4 is 5.32 Å². The third-order valence-corrected chi connectivity index (χ3v) is 6.67. The summed E-state index contributed by atoms with van der Waals surface area (Å²) in [7, 11) is 0. The number of halogens is 1. The molecule has 4 nitrogen and oxygen atoms in total. The van der Waals surface area contributed by atoms with Crippen molar-refractivity contribution in [3.63, 3.8) is 0 Å². The minimum atomic E-state index is -0.779. The summed E-state index contributed by atoms with van der Waals surface area (Å²) in [6.45, 7) is 7.78. The number of nitrogens with zero attached hydrogens (tertiary/aromatic N) is 1. The van der Waals surface area contributed by atoms with Crippen LogP contribution in [0.4, 0.5) is 4.39 Å². The smallest absolute Gasteiger partial charge is 0.243 e. The van der Waals surface area contributed by atoms with Crippen LogP contribution in [-0.4, -0.2) is 34.0 Å². The van der Waals surface area contributed by atoms with E-state index in [4.69, 9.17) is 0 Å². The zero-order chi connectivity index (χ0) is 26.1. The number of benzene rings is 3. The molecule has 0 saturated carbocycles. The number of hydrogen-bond donors (Lipinski definition) is 1. The van der Waals surface area contributed by atoms with E-state index in [1.165, 1.54) is 28.3 Å². The SMILES string of the molecule is Cc1ccc(CSCC(=O)N(Cc2ccccc2F)C(Cc2ccccc2)C(=O)NC(C)(C)C)cc1. The molecule has 3 aromatic carbocycles. The Morgan fingerprint density at radius 1 is 0.917 bits per heavy atom. The number of rotatable bonds is 10. The molecule has 0 heterocycles. The topological polar surface area (TPSA) is 49.4 Å². The first kappa shape index (κ1) is 27.5. The lowest BCUT2D eigenvalue weighted by molar-refractivity contribution is -0.140. The van der Waals surface area contributed by atoms with E-state index >= 15 is 0 Å². The van der Waals surface area contributed by atoms with Crippen LogP contribution in [0.3, 0.4) is 0 Å². The quantitative estimate of drug-likeness (QED) is 0.371. The molecule has 3 rings (SSSR count). The maximum absolute atomic E-state index is 14.6. The molecule has 2 amide bonds. The molecule has 1 atom stereocenters. The maximum Gasteiger partial charge on any atom is 0.243 e. The van der Waals surface area contributed by atoms with Gasteiger partial charge in [-0.25, -0.2) is 4.39 Å². The van der Waals surface area contributed by atoms with E-state index in [1.807, 2.05) is 58.0 Å². The Kier molecular flexibility index (Phi) is 9.71. The maximum atomic E-state index is 14.6. The standard InChI is InChI=1S/C30H35FN2O2S/c1-22-14-16-24(17-15-22)20-36-21-28(34)33(19-25-12-8-9-13-26(25)31)27(29(35)32-30(2,3)4)18-23-10-6-5-7-11-23/h5-17,27H,18-21H2,1-4H3,(H,32,35). The van der Waals surface area contributed by atoms with Gasteiger partial charge in [-0.3, -0.25) is 9.59 Å². The summed E-state index contributed by atoms with van der Waals surface area (Å²) < 4.78 is 14.6. The van der Waals surface area contributed by atoms with Crippen LogP contribution in [0.15, 0.2) is 78.9 Å². The lowest BCUT2D eigenvalue weighted by Crippen LogP contribution is -2.54. The molecule has 0 aliphatic heterocycles. The normalized spacial score (nSPS) is 12.1. The van der Waals surface area contributed by atoms with Crippen LogP contribution in [0.25, 0.3) is 0 Å². The van der Waals surface area contributed by atoms with E-state index in [2.05, 4.69) is 29.6 Å². The fourth-order valence-electron chi connectivity index (χ4n) is 3.84. The van der Waals surface area contributed by atoms with Gasteiger partial charge in [0.25, 0.3) is 0 Å². The first-order chi connectivity index (χ1) is 17.1. The molecule has 0 spiro atoms. The molecule has 0 aromatic heterocycles. The molecule has 0 aliphatic rings. The highest BCUT2D eigenvalue weighted by Gasteiger charge is 2.32. The van der Waals surface area contributed by atoms with Crippen molar-refractivity contribution in [1.29, 1.82) is 0 Å². The molecule has 1 unspecified atom stereocenters. The van der Waals surface area contributed by atoms with Crippen molar-refractivity contribution in [2.75, 3.05) is 5.75 Å². The lowest BCUT2D eigenvalue weighted by atomic mass is 10.0. The molecular formula is C30H35FN2O2S. The van der Waals surface area contributed by atoms with E-state index in [9.17, 15) is 14.0 Å². The Balaban J connectivity index is 1.87. The number of amides is 2. The number of carbonyl (C=O) groups is 2. The molecule has 6 heteroatoms. The predicted octanol–water partition coefficient (Wildman–Crippen LogP) is 5.92. The zero-order valence-corrected chi connectivity index (χ0v) is 22.3. The van der Waals surface area contributed by atoms with Gasteiger partial charge in [-0.05, 0) is 44.9 Å². The Hall–Kier alpha value is -3.12. The van der Waals surface area contributed by atoms with Gasteiger partial charge in [0.2, 0.25) is 11.8 Å². The third kappa shape index (κ3) is 8.52. The van der Waals surface area contributed by atoms with Crippen molar-refractivity contribution < 1.29 is 14.0 Å². The van der Waals surface area contributed by atoms with Gasteiger partial charge in [0.05, 0.1) is 5.75 Å². The third-order valence-electron chi connectivity index (χ3n) is 5.68. The predicted molar refractivity (Wildman–Crippen MR) is 146 cm³/mol. The van der Waals surface area contributed by atoms with Gasteiger partial charge in [-0.2, -0.15) is 0 Å². The second kappa shape index (κ2) is 12.7. The van der Waals surface area contributed by atoms with Gasteiger partial charge in [0.15, 0.2) is 0 Å². The summed E-state index contributed by atoms with van der Waals surface area (Å²) in [5, 5.41) is 3.03. The molecule has 3 aromatic rings. The minimum absolute atomic E-state index is 0.0195. The number of thioether (sulfide) groups is 1. The molecular weight excluding hydrogens is 471 g/mol. The van der Waals surface area contributed by atoms with E-state index in [1.54, 1.807) is 18.2 Å². The number of aryl methyl sites for hydroxylation is 1. The first-order valence-electron chi connectivity index (χ1n) is 12.1. The highest BCUT2D eigenvalue weighted by molar-refractivity contribution is 7.99. The number of nitrogens with one attached hydrogen (secondary N) is 1. The van der Waals surface area contributed by atoms with E-state index in [0.717, 1.165) is 11.1 Å². The van der Waals surface area contributed by atoms with Crippen molar-refractivity contribution in [3.05, 3.63) is 107 Å². The Morgan fingerprint density at radius 3 is 2.19 bits per heavy atom. The summed E-state index contributed by atoms with van der Waals surface area (Å²) >= 11 is 1.50. The molecule has 190 valence electrons. The monoisotopic (exact) mass is 506 g/mol. The highest BCUT2D eigenvalue weighted by atomic mass is 32.2. The number of hydrogen-bond acceptors (Lipinski definition) is 3. The second-order valence-corrected chi connectivity index (χ2v) is 11.0. The Morgan fingerprint density at radius 2 is 1.56 bits per heavy atom. The van der Waals surface area contributed by atoms with Crippen molar-refractivity contribution in [1.82, 2.24) is 10.2 Å². The van der Waals surface area contributed by atoms with Crippen LogP contribution >= 0.6 is 11.8 Å². The largest absolute Gasteiger partial charge is 0.350 e. The van der Waals surface area contributed by atoms with Crippen molar-refractivity contribution in [3.8, 4) is 0 Å². The van der Waals surface area contributed by atoms with Crippen LogP contribution in [-0.2, 0) is 28.3 Å². The van der Waals surface area contributed by atoms with Gasteiger partial charge in [0.1, 0.15) is 11.9 Å². The molecule has 0 aliphatic carbocycles. The summed E-state index contributed by atoms with van der Waals surface area (Å²) in [4.78, 5) is 28.6. The average molecular weight is 507 g/mol. The van der Waals surface area contributed by atoms with Gasteiger partial charge >= 0.3 is 0 Å². The summed E-state index contributed by atoms with van der Waals surface area (Å²) in [6.07, 6.45) is 0.339. The van der Waals surface area contributed by atoms with Crippen LogP contribution in [0, 0.1) is 12.7 Å². The van der Waals surface area contributed by atoms with Crippen LogP contribution in [0.2, 0.25) is 0 Å². The van der Waals surface area contributed by atoms with Crippen molar-refractivity contribution in [2.24, 2.45) is 0 Å². The molecule has 0 bridgehead atoms. The lowest BCUT2D eigenvalue weighted by Gasteiger charge is -2.34. The molecule has 0 fully saturated rings. The average Bonchev–Trinajstić information content (AvgIpc) is 2.83. The van der Waals surface area contributed by atoms with Gasteiger partial charge in [0, 0.05) is 29.8 Å². The van der Waals surface area contributed by atoms with Crippen molar-refractivity contribution >= 4 is 23.6 Å². The second-order valence-electron chi connectivity index (χ2n) is 10.0. The zero-order valence-electron chi connectivity index (χ0n) is 21.5. The Labute approximate surface area is 218 Å². The first-order valence-corrected chi connectivity index (χ1v) is 13.3. The van der Waals surface area contributed by atoms with E-state index in [0.29, 0.717) is 17.7 Å². The summed E-state index contributed by atoms with van der Waals surface area (Å²) in [5.74, 6) is 0.0327. The van der Waals surface area contributed by atoms with Gasteiger partial charge in [-0.1, -0.05) is 78.4 Å². The fourth-order valence-corrected chi connectivity index (χ4v) is 4.71. The van der Waals surface area contributed by atoms with E-state index < -0.39 is 17.4 Å². The highest BCUT2D eigenvalue weighted by Crippen LogP contribution is 2.20. The summed E-state index contributed by atoms with van der Waals surface area (Å²) in [5.41, 5.74) is 3.16. The minimum Gasteiger partial charge on any atom is -0.350 e. The molecule has 0 saturated heterocycles. The summed E-state index contributed by atoms with van der Waals surface area (Å²) in [6, 6.07) is 23.5. The molecule has 0 radical (unpaired) electrons. The number of carbonyl (C=O) groups excluding carboxylic acids is 2. The van der Waals surface area contributed by atoms with E-state index in [-0.39, 0.29) is 24.1 Å².